The van der Waals surface area contributed by atoms with E-state index in [9.17, 15) is 8.42 Å². The van der Waals surface area contributed by atoms with Gasteiger partial charge in [-0.1, -0.05) is 18.2 Å². The molecular formula is C15H15BrO4S. The van der Waals surface area contributed by atoms with Gasteiger partial charge in [0, 0.05) is 4.47 Å². The second-order valence-electron chi connectivity index (χ2n) is 4.35. The third kappa shape index (κ3) is 3.77. The zero-order valence-electron chi connectivity index (χ0n) is 11.7. The zero-order chi connectivity index (χ0) is 15.5. The minimum Gasteiger partial charge on any atom is -0.490 e. The van der Waals surface area contributed by atoms with Crippen LogP contribution < -0.4 is 8.92 Å². The molecule has 0 unspecified atom stereocenters. The van der Waals surface area contributed by atoms with E-state index in [0.717, 1.165) is 5.56 Å². The molecule has 0 fully saturated rings. The summed E-state index contributed by atoms with van der Waals surface area (Å²) in [5.41, 5.74) is 0.954. The lowest BCUT2D eigenvalue weighted by molar-refractivity contribution is 0.327. The monoisotopic (exact) mass is 370 g/mol. The molecule has 0 N–H and O–H groups in total. The van der Waals surface area contributed by atoms with Crippen molar-refractivity contribution in [3.63, 3.8) is 0 Å². The topological polar surface area (TPSA) is 52.6 Å². The van der Waals surface area contributed by atoms with Gasteiger partial charge in [0.05, 0.1) is 6.61 Å². The number of rotatable bonds is 5. The van der Waals surface area contributed by atoms with Crippen LogP contribution in [0.4, 0.5) is 0 Å². The summed E-state index contributed by atoms with van der Waals surface area (Å²) in [6, 6.07) is 11.6. The minimum atomic E-state index is -3.93. The van der Waals surface area contributed by atoms with Gasteiger partial charge >= 0.3 is 10.1 Å². The molecule has 2 aromatic rings. The molecule has 0 aliphatic heterocycles. The fraction of sp³-hybridized carbons (Fsp3) is 0.200. The van der Waals surface area contributed by atoms with E-state index in [1.165, 1.54) is 6.07 Å². The smallest absolute Gasteiger partial charge is 0.340 e. The molecule has 112 valence electrons. The molecular weight excluding hydrogens is 356 g/mol. The van der Waals surface area contributed by atoms with Crippen LogP contribution in [-0.4, -0.2) is 15.0 Å². The predicted octanol–water partition coefficient (Wildman–Crippen LogP) is 3.92. The van der Waals surface area contributed by atoms with Crippen molar-refractivity contribution in [1.29, 1.82) is 0 Å². The molecule has 0 amide bonds. The standard InChI is InChI=1S/C15H15BrO4S/c1-3-19-13-6-4-5-7-14(13)20-21(17,18)15-9-8-11(2)10-12(15)16/h4-10H,3H2,1-2H3. The second kappa shape index (κ2) is 6.49. The first-order chi connectivity index (χ1) is 9.94. The Labute approximate surface area is 133 Å². The highest BCUT2D eigenvalue weighted by atomic mass is 79.9. The molecule has 21 heavy (non-hydrogen) atoms. The Bertz CT molecular complexity index is 741. The number of ether oxygens (including phenoxy) is 1. The lowest BCUT2D eigenvalue weighted by Gasteiger charge is -2.12. The molecule has 0 heterocycles. The Morgan fingerprint density at radius 3 is 2.38 bits per heavy atom. The Morgan fingerprint density at radius 1 is 1.10 bits per heavy atom. The first-order valence-electron chi connectivity index (χ1n) is 6.36. The van der Waals surface area contributed by atoms with E-state index in [1.54, 1.807) is 36.4 Å². The third-order valence-electron chi connectivity index (χ3n) is 2.71. The van der Waals surface area contributed by atoms with Gasteiger partial charge in [0.25, 0.3) is 0 Å². The van der Waals surface area contributed by atoms with E-state index in [0.29, 0.717) is 16.8 Å². The molecule has 0 bridgehead atoms. The Hall–Kier alpha value is -1.53. The van der Waals surface area contributed by atoms with Crippen molar-refractivity contribution in [2.24, 2.45) is 0 Å². The molecule has 0 saturated heterocycles. The van der Waals surface area contributed by atoms with Crippen LogP contribution in [0.15, 0.2) is 51.8 Å². The number of halogens is 1. The van der Waals surface area contributed by atoms with E-state index in [-0.39, 0.29) is 10.6 Å². The third-order valence-corrected chi connectivity index (χ3v) is 4.92. The van der Waals surface area contributed by atoms with Crippen molar-refractivity contribution in [3.05, 3.63) is 52.5 Å². The Morgan fingerprint density at radius 2 is 1.76 bits per heavy atom. The van der Waals surface area contributed by atoms with E-state index in [2.05, 4.69) is 15.9 Å². The molecule has 6 heteroatoms. The van der Waals surface area contributed by atoms with Gasteiger partial charge in [0.2, 0.25) is 0 Å². The number of aryl methyl sites for hydroxylation is 1. The first kappa shape index (κ1) is 15.9. The summed E-state index contributed by atoms with van der Waals surface area (Å²) in [5, 5.41) is 0. The van der Waals surface area contributed by atoms with Crippen molar-refractivity contribution in [2.75, 3.05) is 6.61 Å². The number of hydrogen-bond donors (Lipinski definition) is 0. The van der Waals surface area contributed by atoms with Crippen molar-refractivity contribution >= 4 is 26.0 Å². The largest absolute Gasteiger partial charge is 0.490 e. The van der Waals surface area contributed by atoms with Gasteiger partial charge < -0.3 is 8.92 Å². The summed E-state index contributed by atoms with van der Waals surface area (Å²) in [7, 11) is -3.93. The Balaban J connectivity index is 2.38. The lowest BCUT2D eigenvalue weighted by atomic mass is 10.2. The van der Waals surface area contributed by atoms with Crippen LogP contribution in [0, 0.1) is 6.92 Å². The van der Waals surface area contributed by atoms with Gasteiger partial charge in [-0.05, 0) is 59.6 Å². The normalized spacial score (nSPS) is 11.2. The van der Waals surface area contributed by atoms with Crippen LogP contribution >= 0.6 is 15.9 Å². The second-order valence-corrected chi connectivity index (χ2v) is 6.72. The molecule has 2 rings (SSSR count). The van der Waals surface area contributed by atoms with Crippen LogP contribution in [-0.2, 0) is 10.1 Å². The molecule has 0 aliphatic rings. The maximum atomic E-state index is 12.4. The van der Waals surface area contributed by atoms with Crippen LogP contribution in [0.25, 0.3) is 0 Å². The summed E-state index contributed by atoms with van der Waals surface area (Å²) in [6.45, 7) is 4.13. The van der Waals surface area contributed by atoms with E-state index < -0.39 is 10.1 Å². The molecule has 0 radical (unpaired) electrons. The summed E-state index contributed by atoms with van der Waals surface area (Å²) < 4.78 is 35.8. The molecule has 0 aliphatic carbocycles. The highest BCUT2D eigenvalue weighted by Crippen LogP contribution is 2.31. The van der Waals surface area contributed by atoms with Crippen molar-refractivity contribution in [3.8, 4) is 11.5 Å². The predicted molar refractivity (Wildman–Crippen MR) is 84.3 cm³/mol. The Kier molecular flexibility index (Phi) is 4.90. The molecule has 0 saturated carbocycles. The quantitative estimate of drug-likeness (QED) is 0.748. The number of hydrogen-bond acceptors (Lipinski definition) is 4. The van der Waals surface area contributed by atoms with Crippen molar-refractivity contribution in [2.45, 2.75) is 18.7 Å². The maximum Gasteiger partial charge on any atom is 0.340 e. The van der Waals surface area contributed by atoms with E-state index in [4.69, 9.17) is 8.92 Å². The van der Waals surface area contributed by atoms with E-state index >= 15 is 0 Å². The average Bonchev–Trinajstić information content (AvgIpc) is 2.40. The van der Waals surface area contributed by atoms with Gasteiger partial charge in [-0.25, -0.2) is 0 Å². The fourth-order valence-corrected chi connectivity index (χ4v) is 3.85. The molecule has 0 spiro atoms. The molecule has 0 aromatic heterocycles. The van der Waals surface area contributed by atoms with Crippen LogP contribution in [0.2, 0.25) is 0 Å². The van der Waals surface area contributed by atoms with Gasteiger partial charge in [-0.15, -0.1) is 0 Å². The van der Waals surface area contributed by atoms with Crippen LogP contribution in [0.5, 0.6) is 11.5 Å². The van der Waals surface area contributed by atoms with Crippen LogP contribution in [0.3, 0.4) is 0 Å². The van der Waals surface area contributed by atoms with Gasteiger partial charge in [0.15, 0.2) is 11.5 Å². The maximum absolute atomic E-state index is 12.4. The van der Waals surface area contributed by atoms with Crippen molar-refractivity contribution in [1.82, 2.24) is 0 Å². The zero-order valence-corrected chi connectivity index (χ0v) is 14.1. The highest BCUT2D eigenvalue weighted by molar-refractivity contribution is 9.10. The minimum absolute atomic E-state index is 0.0828. The fourth-order valence-electron chi connectivity index (χ4n) is 1.77. The number of para-hydroxylation sites is 2. The number of benzene rings is 2. The van der Waals surface area contributed by atoms with Crippen molar-refractivity contribution < 1.29 is 17.3 Å². The van der Waals surface area contributed by atoms with E-state index in [1.807, 2.05) is 13.8 Å². The first-order valence-corrected chi connectivity index (χ1v) is 8.56. The van der Waals surface area contributed by atoms with Gasteiger partial charge in [-0.3, -0.25) is 0 Å². The average molecular weight is 371 g/mol. The summed E-state index contributed by atoms with van der Waals surface area (Å²) in [4.78, 5) is 0.0828. The van der Waals surface area contributed by atoms with Gasteiger partial charge in [0.1, 0.15) is 4.90 Å². The van der Waals surface area contributed by atoms with Gasteiger partial charge in [-0.2, -0.15) is 8.42 Å². The SMILES string of the molecule is CCOc1ccccc1OS(=O)(=O)c1ccc(C)cc1Br. The molecule has 2 aromatic carbocycles. The van der Waals surface area contributed by atoms with Crippen LogP contribution in [0.1, 0.15) is 12.5 Å². The molecule has 4 nitrogen and oxygen atoms in total. The molecule has 0 atom stereocenters. The summed E-state index contributed by atoms with van der Waals surface area (Å²) in [5.74, 6) is 0.568. The summed E-state index contributed by atoms with van der Waals surface area (Å²) >= 11 is 3.26. The highest BCUT2D eigenvalue weighted by Gasteiger charge is 2.21. The lowest BCUT2D eigenvalue weighted by Crippen LogP contribution is -2.11. The summed E-state index contributed by atoms with van der Waals surface area (Å²) in [6.07, 6.45) is 0.